The Kier molecular flexibility index (Phi) is 4.65. The number of nitrogens with one attached hydrogen (secondary N) is 1. The smallest absolute Gasteiger partial charge is 0.270 e. The SMILES string of the molecule is CCc1cc2c(=O)n(CC(=O)c3c[nH]c(C(=O)N4CCCC4)c3)cnc2s1. The average molecular weight is 384 g/mol. The third kappa shape index (κ3) is 3.32. The molecule has 1 N–H and O–H groups in total. The van der Waals surface area contributed by atoms with Crippen LogP contribution in [-0.2, 0) is 13.0 Å². The van der Waals surface area contributed by atoms with Crippen LogP contribution >= 0.6 is 11.3 Å². The lowest BCUT2D eigenvalue weighted by Crippen LogP contribution is -2.27. The van der Waals surface area contributed by atoms with Gasteiger partial charge in [-0.05, 0) is 31.4 Å². The van der Waals surface area contributed by atoms with E-state index >= 15 is 0 Å². The van der Waals surface area contributed by atoms with Crippen molar-refractivity contribution in [3.05, 3.63) is 51.1 Å². The van der Waals surface area contributed by atoms with Gasteiger partial charge in [-0.2, -0.15) is 0 Å². The largest absolute Gasteiger partial charge is 0.356 e. The summed E-state index contributed by atoms with van der Waals surface area (Å²) in [5, 5.41) is 0.547. The van der Waals surface area contributed by atoms with E-state index in [4.69, 9.17) is 0 Å². The van der Waals surface area contributed by atoms with Gasteiger partial charge in [0.25, 0.3) is 11.5 Å². The minimum Gasteiger partial charge on any atom is -0.356 e. The quantitative estimate of drug-likeness (QED) is 0.685. The first-order valence-corrected chi connectivity index (χ1v) is 9.87. The number of aryl methyl sites for hydroxylation is 1. The van der Waals surface area contributed by atoms with Crippen LogP contribution in [0.15, 0.2) is 29.5 Å². The molecule has 7 nitrogen and oxygen atoms in total. The van der Waals surface area contributed by atoms with Gasteiger partial charge in [0.15, 0.2) is 5.78 Å². The highest BCUT2D eigenvalue weighted by Crippen LogP contribution is 2.21. The lowest BCUT2D eigenvalue weighted by Gasteiger charge is -2.13. The van der Waals surface area contributed by atoms with Gasteiger partial charge in [0.2, 0.25) is 0 Å². The van der Waals surface area contributed by atoms with Crippen molar-refractivity contribution in [2.24, 2.45) is 0 Å². The van der Waals surface area contributed by atoms with E-state index in [0.717, 1.165) is 37.2 Å². The standard InChI is InChI=1S/C19H20N4O3S/c1-2-13-8-14-17(27-13)21-11-23(18(14)25)10-16(24)12-7-15(20-9-12)19(26)22-5-3-4-6-22/h7-9,11,20H,2-6,10H2,1H3. The Labute approximate surface area is 159 Å². The van der Waals surface area contributed by atoms with E-state index in [2.05, 4.69) is 9.97 Å². The van der Waals surface area contributed by atoms with Gasteiger partial charge in [-0.3, -0.25) is 19.0 Å². The number of likely N-dealkylation sites (tertiary alicyclic amines) is 1. The number of hydrogen-bond acceptors (Lipinski definition) is 5. The summed E-state index contributed by atoms with van der Waals surface area (Å²) in [5.74, 6) is -0.321. The molecule has 0 aliphatic carbocycles. The minimum absolute atomic E-state index is 0.0860. The van der Waals surface area contributed by atoms with E-state index in [1.807, 2.05) is 13.0 Å². The molecule has 0 spiro atoms. The molecule has 3 aromatic rings. The molecule has 0 saturated carbocycles. The van der Waals surface area contributed by atoms with Crippen molar-refractivity contribution >= 4 is 33.2 Å². The summed E-state index contributed by atoms with van der Waals surface area (Å²) < 4.78 is 1.33. The third-order valence-electron chi connectivity index (χ3n) is 4.86. The summed E-state index contributed by atoms with van der Waals surface area (Å²) >= 11 is 1.50. The highest BCUT2D eigenvalue weighted by Gasteiger charge is 2.22. The molecule has 0 atom stereocenters. The zero-order valence-electron chi connectivity index (χ0n) is 15.0. The molecule has 8 heteroatoms. The second-order valence-electron chi connectivity index (χ2n) is 6.69. The number of fused-ring (bicyclic) bond motifs is 1. The number of amides is 1. The van der Waals surface area contributed by atoms with Crippen LogP contribution in [0.3, 0.4) is 0 Å². The maximum Gasteiger partial charge on any atom is 0.270 e. The summed E-state index contributed by atoms with van der Waals surface area (Å²) in [4.78, 5) is 48.4. The monoisotopic (exact) mass is 384 g/mol. The van der Waals surface area contributed by atoms with Gasteiger partial charge in [-0.1, -0.05) is 6.92 Å². The Morgan fingerprint density at radius 1 is 1.26 bits per heavy atom. The van der Waals surface area contributed by atoms with Crippen LogP contribution in [0.25, 0.3) is 10.2 Å². The number of thiophene rings is 1. The topological polar surface area (TPSA) is 88.1 Å². The van der Waals surface area contributed by atoms with E-state index in [0.29, 0.717) is 21.5 Å². The number of carbonyl (C=O) groups is 2. The molecule has 27 heavy (non-hydrogen) atoms. The van der Waals surface area contributed by atoms with Crippen molar-refractivity contribution in [1.82, 2.24) is 19.4 Å². The maximum absolute atomic E-state index is 12.6. The Bertz CT molecular complexity index is 1070. The molecule has 1 fully saturated rings. The van der Waals surface area contributed by atoms with Gasteiger partial charge < -0.3 is 9.88 Å². The zero-order chi connectivity index (χ0) is 19.0. The van der Waals surface area contributed by atoms with E-state index in [1.165, 1.54) is 28.4 Å². The van der Waals surface area contributed by atoms with Gasteiger partial charge in [0, 0.05) is 29.7 Å². The van der Waals surface area contributed by atoms with Crippen molar-refractivity contribution in [2.75, 3.05) is 13.1 Å². The summed E-state index contributed by atoms with van der Waals surface area (Å²) in [5.41, 5.74) is 0.587. The van der Waals surface area contributed by atoms with Gasteiger partial charge in [-0.15, -0.1) is 11.3 Å². The van der Waals surface area contributed by atoms with Crippen LogP contribution in [0.1, 0.15) is 45.5 Å². The number of aromatic nitrogens is 3. The Hall–Kier alpha value is -2.74. The number of hydrogen-bond donors (Lipinski definition) is 1. The number of ketones is 1. The number of aromatic amines is 1. The second kappa shape index (κ2) is 7.11. The lowest BCUT2D eigenvalue weighted by molar-refractivity contribution is 0.0787. The molecule has 0 bridgehead atoms. The predicted molar refractivity (Wildman–Crippen MR) is 104 cm³/mol. The number of nitrogens with zero attached hydrogens (tertiary/aromatic N) is 3. The van der Waals surface area contributed by atoms with Crippen LogP contribution in [0.4, 0.5) is 0 Å². The average Bonchev–Trinajstić information content (AvgIpc) is 3.43. The summed E-state index contributed by atoms with van der Waals surface area (Å²) in [7, 11) is 0. The van der Waals surface area contributed by atoms with Gasteiger partial charge in [-0.25, -0.2) is 4.98 Å². The molecule has 0 unspecified atom stereocenters. The second-order valence-corrected chi connectivity index (χ2v) is 7.80. The Morgan fingerprint density at radius 2 is 2.04 bits per heavy atom. The van der Waals surface area contributed by atoms with Crippen molar-refractivity contribution in [3.63, 3.8) is 0 Å². The molecule has 1 amide bonds. The van der Waals surface area contributed by atoms with Crippen molar-refractivity contribution in [2.45, 2.75) is 32.7 Å². The minimum atomic E-state index is -0.235. The van der Waals surface area contributed by atoms with Crippen LogP contribution in [0.5, 0.6) is 0 Å². The molecule has 0 radical (unpaired) electrons. The molecule has 1 saturated heterocycles. The summed E-state index contributed by atoms with van der Waals surface area (Å²) in [6.45, 7) is 3.43. The first-order chi connectivity index (χ1) is 13.1. The normalized spacial score (nSPS) is 14.2. The van der Waals surface area contributed by atoms with Gasteiger partial charge >= 0.3 is 0 Å². The molecule has 1 aliphatic heterocycles. The van der Waals surface area contributed by atoms with E-state index in [1.54, 1.807) is 11.0 Å². The predicted octanol–water partition coefficient (Wildman–Crippen LogP) is 2.47. The molecule has 4 rings (SSSR count). The highest BCUT2D eigenvalue weighted by molar-refractivity contribution is 7.18. The number of rotatable bonds is 5. The third-order valence-corrected chi connectivity index (χ3v) is 6.05. The molecule has 140 valence electrons. The van der Waals surface area contributed by atoms with E-state index in [-0.39, 0.29) is 23.8 Å². The van der Waals surface area contributed by atoms with Gasteiger partial charge in [0.05, 0.1) is 18.3 Å². The fourth-order valence-electron chi connectivity index (χ4n) is 3.31. The maximum atomic E-state index is 12.6. The molecular formula is C19H20N4O3S. The van der Waals surface area contributed by atoms with Crippen molar-refractivity contribution < 1.29 is 9.59 Å². The summed E-state index contributed by atoms with van der Waals surface area (Å²) in [6, 6.07) is 3.42. The van der Waals surface area contributed by atoms with Crippen LogP contribution in [-0.4, -0.2) is 44.2 Å². The molecule has 1 aliphatic rings. The van der Waals surface area contributed by atoms with Gasteiger partial charge in [0.1, 0.15) is 10.5 Å². The lowest BCUT2D eigenvalue weighted by atomic mass is 10.2. The van der Waals surface area contributed by atoms with Crippen LogP contribution in [0.2, 0.25) is 0 Å². The first-order valence-electron chi connectivity index (χ1n) is 9.05. The molecule has 0 aromatic carbocycles. The number of carbonyl (C=O) groups excluding carboxylic acids is 2. The Morgan fingerprint density at radius 3 is 2.78 bits per heavy atom. The van der Waals surface area contributed by atoms with Crippen molar-refractivity contribution in [3.8, 4) is 0 Å². The van der Waals surface area contributed by atoms with Crippen molar-refractivity contribution in [1.29, 1.82) is 0 Å². The number of H-pyrrole nitrogens is 1. The molecule has 4 heterocycles. The van der Waals surface area contributed by atoms with E-state index < -0.39 is 0 Å². The first kappa shape index (κ1) is 17.7. The molecule has 3 aromatic heterocycles. The highest BCUT2D eigenvalue weighted by atomic mass is 32.1. The molecular weight excluding hydrogens is 364 g/mol. The Balaban J connectivity index is 1.54. The van der Waals surface area contributed by atoms with Crippen LogP contribution in [0, 0.1) is 0 Å². The summed E-state index contributed by atoms with van der Waals surface area (Å²) in [6.07, 6.45) is 5.82. The van der Waals surface area contributed by atoms with E-state index in [9.17, 15) is 14.4 Å². The van der Waals surface area contributed by atoms with Crippen LogP contribution < -0.4 is 5.56 Å². The fraction of sp³-hybridized carbons (Fsp3) is 0.368. The number of Topliss-reactive ketones (excluding diaryl/α,β-unsaturated/α-hetero) is 1. The zero-order valence-corrected chi connectivity index (χ0v) is 15.8. The fourth-order valence-corrected chi connectivity index (χ4v) is 4.24.